The maximum atomic E-state index is 12.9. The number of anilines is 3. The average molecular weight is 509 g/mol. The Morgan fingerprint density at radius 3 is 2.72 bits per heavy atom. The van der Waals surface area contributed by atoms with Crippen LogP contribution in [0.1, 0.15) is 45.6 Å². The molecule has 1 aliphatic heterocycles. The summed E-state index contributed by atoms with van der Waals surface area (Å²) >= 11 is 6.42. The van der Waals surface area contributed by atoms with E-state index in [2.05, 4.69) is 20.7 Å². The lowest BCUT2D eigenvalue weighted by molar-refractivity contribution is -0.124. The molecule has 2 fully saturated rings. The molecule has 0 bridgehead atoms. The van der Waals surface area contributed by atoms with E-state index in [1.54, 1.807) is 46.1 Å². The van der Waals surface area contributed by atoms with Crippen LogP contribution in [0.4, 0.5) is 22.0 Å². The second-order valence-electron chi connectivity index (χ2n) is 9.81. The number of benzene rings is 1. The van der Waals surface area contributed by atoms with E-state index in [4.69, 9.17) is 16.3 Å². The van der Waals surface area contributed by atoms with Gasteiger partial charge >= 0.3 is 6.09 Å². The lowest BCUT2D eigenvalue weighted by Crippen LogP contribution is -2.38. The highest BCUT2D eigenvalue weighted by Gasteiger charge is 2.36. The summed E-state index contributed by atoms with van der Waals surface area (Å²) in [6.45, 7) is 5.50. The fourth-order valence-electron chi connectivity index (χ4n) is 3.91. The summed E-state index contributed by atoms with van der Waals surface area (Å²) in [5.41, 5.74) is 2.13. The first-order valence-electron chi connectivity index (χ1n) is 11.5. The van der Waals surface area contributed by atoms with Gasteiger partial charge in [0.1, 0.15) is 11.4 Å². The van der Waals surface area contributed by atoms with Crippen molar-refractivity contribution in [2.75, 3.05) is 10.2 Å². The number of fused-ring (bicyclic) bond motifs is 1. The zero-order valence-electron chi connectivity index (χ0n) is 20.0. The summed E-state index contributed by atoms with van der Waals surface area (Å²) in [6.07, 6.45) is 6.34. The Morgan fingerprint density at radius 2 is 2.06 bits per heavy atom. The van der Waals surface area contributed by atoms with Crippen LogP contribution in [0, 0.1) is 0 Å². The Morgan fingerprint density at radius 1 is 1.28 bits per heavy atom. The summed E-state index contributed by atoms with van der Waals surface area (Å²) in [4.78, 5) is 42.7. The standard InChI is InChI=1S/C25H25ClN6O4/c1-25(2,3)36-24(35)32(18-4-5-18)19-11-16(26)10-17(12-19)28-20-6-7-31-22(29-20)15(13-27-31)8-14-9-21(33)30-23(14)34/h6-8,10-13,18H,4-5,9H2,1-3H3,(H,28,29)(H,30,33,34)/b14-8-. The monoisotopic (exact) mass is 508 g/mol. The highest BCUT2D eigenvalue weighted by Crippen LogP contribution is 2.36. The predicted molar refractivity (Wildman–Crippen MR) is 135 cm³/mol. The molecular formula is C25H25ClN6O4. The van der Waals surface area contributed by atoms with Crippen molar-refractivity contribution in [1.82, 2.24) is 19.9 Å². The fraction of sp³-hybridized carbons (Fsp3) is 0.320. The van der Waals surface area contributed by atoms with Gasteiger partial charge in [-0.05, 0) is 64.0 Å². The van der Waals surface area contributed by atoms with Gasteiger partial charge in [-0.3, -0.25) is 19.8 Å². The smallest absolute Gasteiger partial charge is 0.415 e. The number of aromatic nitrogens is 3. The van der Waals surface area contributed by atoms with Gasteiger partial charge in [0, 0.05) is 34.1 Å². The number of ether oxygens (including phenoxy) is 1. The first kappa shape index (κ1) is 23.8. The summed E-state index contributed by atoms with van der Waals surface area (Å²) < 4.78 is 7.20. The van der Waals surface area contributed by atoms with Gasteiger partial charge in [-0.1, -0.05) is 11.6 Å². The molecule has 1 aliphatic carbocycles. The van der Waals surface area contributed by atoms with Crippen LogP contribution in [0.2, 0.25) is 5.02 Å². The minimum absolute atomic E-state index is 0.0224. The Bertz CT molecular complexity index is 1420. The second kappa shape index (κ2) is 8.94. The van der Waals surface area contributed by atoms with Crippen molar-refractivity contribution in [3.63, 3.8) is 0 Å². The van der Waals surface area contributed by atoms with Crippen molar-refractivity contribution in [2.24, 2.45) is 0 Å². The number of carbonyl (C=O) groups excluding carboxylic acids is 3. The van der Waals surface area contributed by atoms with E-state index >= 15 is 0 Å². The quantitative estimate of drug-likeness (QED) is 0.386. The number of carbonyl (C=O) groups is 3. The molecule has 0 spiro atoms. The maximum Gasteiger partial charge on any atom is 0.415 e. The van der Waals surface area contributed by atoms with Crippen molar-refractivity contribution in [1.29, 1.82) is 0 Å². The molecule has 0 radical (unpaired) electrons. The van der Waals surface area contributed by atoms with Crippen molar-refractivity contribution in [2.45, 2.75) is 51.7 Å². The van der Waals surface area contributed by atoms with E-state index in [0.717, 1.165) is 12.8 Å². The Labute approximate surface area is 212 Å². The summed E-state index contributed by atoms with van der Waals surface area (Å²) in [5, 5.41) is 10.2. The number of hydrogen-bond donors (Lipinski definition) is 2. The number of halogens is 1. The molecule has 2 aliphatic rings. The number of nitrogens with one attached hydrogen (secondary N) is 2. The normalized spacial score (nSPS) is 16.9. The van der Waals surface area contributed by atoms with Crippen molar-refractivity contribution in [3.05, 3.63) is 52.8 Å². The Hall–Kier alpha value is -3.92. The number of imide groups is 1. The number of hydrogen-bond acceptors (Lipinski definition) is 7. The van der Waals surface area contributed by atoms with E-state index in [9.17, 15) is 14.4 Å². The highest BCUT2D eigenvalue weighted by molar-refractivity contribution is 6.31. The molecule has 1 saturated heterocycles. The number of amides is 3. The average Bonchev–Trinajstić information content (AvgIpc) is 3.43. The molecule has 2 N–H and O–H groups in total. The lowest BCUT2D eigenvalue weighted by Gasteiger charge is -2.28. The third kappa shape index (κ3) is 5.18. The topological polar surface area (TPSA) is 118 Å². The third-order valence-corrected chi connectivity index (χ3v) is 5.78. The molecule has 36 heavy (non-hydrogen) atoms. The fourth-order valence-corrected chi connectivity index (χ4v) is 4.14. The van der Waals surface area contributed by atoms with Crippen molar-refractivity contribution >= 4 is 58.4 Å². The van der Waals surface area contributed by atoms with Gasteiger partial charge in [0.25, 0.3) is 5.91 Å². The third-order valence-electron chi connectivity index (χ3n) is 5.56. The van der Waals surface area contributed by atoms with Gasteiger partial charge in [-0.25, -0.2) is 14.3 Å². The molecule has 3 amide bonds. The minimum atomic E-state index is -0.617. The molecule has 0 atom stereocenters. The van der Waals surface area contributed by atoms with Gasteiger partial charge in [0.2, 0.25) is 5.91 Å². The van der Waals surface area contributed by atoms with Gasteiger partial charge in [-0.15, -0.1) is 0 Å². The number of rotatable bonds is 5. The van der Waals surface area contributed by atoms with E-state index in [1.807, 2.05) is 26.8 Å². The Kier molecular flexibility index (Phi) is 5.91. The van der Waals surface area contributed by atoms with E-state index in [0.29, 0.717) is 39.0 Å². The molecule has 2 aromatic heterocycles. The van der Waals surface area contributed by atoms with E-state index in [-0.39, 0.29) is 18.4 Å². The van der Waals surface area contributed by atoms with Gasteiger partial charge in [0.05, 0.1) is 18.3 Å². The van der Waals surface area contributed by atoms with Crippen LogP contribution >= 0.6 is 11.6 Å². The van der Waals surface area contributed by atoms with Crippen LogP contribution in [0.3, 0.4) is 0 Å². The van der Waals surface area contributed by atoms with Crippen molar-refractivity contribution in [3.8, 4) is 0 Å². The van der Waals surface area contributed by atoms with Crippen LogP contribution in [0.15, 0.2) is 42.2 Å². The first-order chi connectivity index (χ1) is 17.1. The second-order valence-corrected chi connectivity index (χ2v) is 10.2. The molecule has 1 saturated carbocycles. The molecule has 3 aromatic rings. The summed E-state index contributed by atoms with van der Waals surface area (Å²) in [5.74, 6) is -0.232. The van der Waals surface area contributed by atoms with Gasteiger partial charge in [-0.2, -0.15) is 5.10 Å². The highest BCUT2D eigenvalue weighted by atomic mass is 35.5. The summed E-state index contributed by atoms with van der Waals surface area (Å²) in [7, 11) is 0. The number of nitrogens with zero attached hydrogens (tertiary/aromatic N) is 4. The predicted octanol–water partition coefficient (Wildman–Crippen LogP) is 4.46. The first-order valence-corrected chi connectivity index (χ1v) is 11.9. The zero-order chi connectivity index (χ0) is 25.6. The molecule has 5 rings (SSSR count). The minimum Gasteiger partial charge on any atom is -0.443 e. The Balaban J connectivity index is 1.43. The molecule has 1 aromatic carbocycles. The van der Waals surface area contributed by atoms with Crippen molar-refractivity contribution < 1.29 is 19.1 Å². The summed E-state index contributed by atoms with van der Waals surface area (Å²) in [6, 6.07) is 7.12. The molecule has 3 heterocycles. The van der Waals surface area contributed by atoms with Gasteiger partial charge in [0.15, 0.2) is 5.65 Å². The SMILES string of the molecule is CC(C)(C)OC(=O)N(c1cc(Cl)cc(Nc2ccn3ncc(/C=C4/CC(=O)NC4=O)c3n2)c1)C1CC1. The van der Waals surface area contributed by atoms with E-state index in [1.165, 1.54) is 0 Å². The van der Waals surface area contributed by atoms with Crippen LogP contribution in [0.5, 0.6) is 0 Å². The zero-order valence-corrected chi connectivity index (χ0v) is 20.8. The molecule has 11 heteroatoms. The van der Waals surface area contributed by atoms with Crippen LogP contribution in [-0.2, 0) is 14.3 Å². The lowest BCUT2D eigenvalue weighted by atomic mass is 10.1. The van der Waals surface area contributed by atoms with Crippen LogP contribution < -0.4 is 15.5 Å². The maximum absolute atomic E-state index is 12.9. The molecular weight excluding hydrogens is 484 g/mol. The molecule has 10 nitrogen and oxygen atoms in total. The van der Waals surface area contributed by atoms with Crippen LogP contribution in [0.25, 0.3) is 11.7 Å². The largest absolute Gasteiger partial charge is 0.443 e. The van der Waals surface area contributed by atoms with Crippen LogP contribution in [-0.4, -0.2) is 44.1 Å². The van der Waals surface area contributed by atoms with E-state index < -0.39 is 17.6 Å². The molecule has 186 valence electrons. The van der Waals surface area contributed by atoms with Gasteiger partial charge < -0.3 is 10.1 Å². The molecule has 0 unspecified atom stereocenters.